The van der Waals surface area contributed by atoms with Gasteiger partial charge in [0.05, 0.1) is 0 Å². The number of primary amides is 1. The molecule has 1 aliphatic carbocycles. The molecule has 1 aliphatic heterocycles. The third-order valence-corrected chi connectivity index (χ3v) is 3.57. The third-order valence-electron chi connectivity index (χ3n) is 2.34. The molecule has 2 aliphatic rings. The van der Waals surface area contributed by atoms with Crippen LogP contribution in [0.3, 0.4) is 0 Å². The number of amides is 1. The van der Waals surface area contributed by atoms with Gasteiger partial charge in [-0.25, -0.2) is 0 Å². The molecule has 64 valence electrons. The molecule has 3 heteroatoms. The maximum absolute atomic E-state index is 10.8. The Hall–Kier alpha value is -0.700. The Morgan fingerprint density at radius 3 is 3.25 bits per heavy atom. The molecule has 0 aromatic heterocycles. The molecule has 0 bridgehead atoms. The molecule has 0 radical (unpaired) electrons. The molecule has 1 fully saturated rings. The second-order valence-electron chi connectivity index (χ2n) is 3.14. The van der Waals surface area contributed by atoms with Gasteiger partial charge < -0.3 is 5.73 Å². The largest absolute Gasteiger partial charge is 0.366 e. The van der Waals surface area contributed by atoms with Crippen molar-refractivity contribution in [3.05, 3.63) is 22.6 Å². The van der Waals surface area contributed by atoms with Crippen molar-refractivity contribution in [1.82, 2.24) is 0 Å². The first-order valence-corrected chi connectivity index (χ1v) is 5.10. The Bertz CT molecular complexity index is 280. The molecule has 2 rings (SSSR count). The van der Waals surface area contributed by atoms with E-state index in [1.54, 1.807) is 0 Å². The highest BCUT2D eigenvalue weighted by molar-refractivity contribution is 8.03. The summed E-state index contributed by atoms with van der Waals surface area (Å²) in [5, 5.41) is 0. The maximum Gasteiger partial charge on any atom is 0.248 e. The molecule has 2 N–H and O–H groups in total. The van der Waals surface area contributed by atoms with E-state index < -0.39 is 0 Å². The lowest BCUT2D eigenvalue weighted by Crippen LogP contribution is -2.15. The van der Waals surface area contributed by atoms with Crippen molar-refractivity contribution >= 4 is 17.7 Å². The lowest BCUT2D eigenvalue weighted by Gasteiger charge is -2.13. The van der Waals surface area contributed by atoms with Crippen LogP contribution in [0.4, 0.5) is 0 Å². The van der Waals surface area contributed by atoms with Crippen LogP contribution in [0, 0.1) is 5.92 Å². The highest BCUT2D eigenvalue weighted by atomic mass is 32.2. The van der Waals surface area contributed by atoms with Crippen molar-refractivity contribution in [3.8, 4) is 0 Å². The molecule has 1 saturated heterocycles. The van der Waals surface area contributed by atoms with Crippen LogP contribution in [0.1, 0.15) is 12.8 Å². The smallest absolute Gasteiger partial charge is 0.248 e. The first-order valence-electron chi connectivity index (χ1n) is 4.12. The van der Waals surface area contributed by atoms with Gasteiger partial charge in [0.1, 0.15) is 0 Å². The number of thioether (sulfide) groups is 1. The summed E-state index contributed by atoms with van der Waals surface area (Å²) in [7, 11) is 0. The van der Waals surface area contributed by atoms with E-state index in [4.69, 9.17) is 5.73 Å². The zero-order valence-electron chi connectivity index (χ0n) is 6.75. The molecular formula is C9H11NOS. The number of hydrogen-bond donors (Lipinski definition) is 1. The summed E-state index contributed by atoms with van der Waals surface area (Å²) in [5.74, 6) is 1.57. The van der Waals surface area contributed by atoms with Crippen LogP contribution >= 0.6 is 11.8 Å². The summed E-state index contributed by atoms with van der Waals surface area (Å²) in [6.45, 7) is 0. The third kappa shape index (κ3) is 1.29. The predicted octanol–water partition coefficient (Wildman–Crippen LogP) is 1.44. The van der Waals surface area contributed by atoms with Crippen molar-refractivity contribution < 1.29 is 4.79 Å². The van der Waals surface area contributed by atoms with E-state index in [2.05, 4.69) is 0 Å². The first-order chi connectivity index (χ1) is 5.77. The van der Waals surface area contributed by atoms with Gasteiger partial charge >= 0.3 is 0 Å². The van der Waals surface area contributed by atoms with Crippen LogP contribution in [0.2, 0.25) is 0 Å². The van der Waals surface area contributed by atoms with Gasteiger partial charge in [0.2, 0.25) is 5.91 Å². The van der Waals surface area contributed by atoms with Crippen molar-refractivity contribution in [3.63, 3.8) is 0 Å². The zero-order chi connectivity index (χ0) is 8.55. The molecule has 1 heterocycles. The van der Waals surface area contributed by atoms with Gasteiger partial charge in [0.15, 0.2) is 0 Å². The Morgan fingerprint density at radius 2 is 2.50 bits per heavy atom. The van der Waals surface area contributed by atoms with Crippen LogP contribution in [-0.4, -0.2) is 11.7 Å². The van der Waals surface area contributed by atoms with Gasteiger partial charge in [-0.15, -0.1) is 11.8 Å². The molecule has 1 atom stereocenters. The number of carbonyl (C=O) groups excluding carboxylic acids is 1. The Morgan fingerprint density at radius 1 is 1.67 bits per heavy atom. The van der Waals surface area contributed by atoms with Gasteiger partial charge in [0.25, 0.3) is 0 Å². The minimum absolute atomic E-state index is 0.298. The summed E-state index contributed by atoms with van der Waals surface area (Å²) in [5.41, 5.74) is 5.88. The minimum Gasteiger partial charge on any atom is -0.366 e. The maximum atomic E-state index is 10.8. The van der Waals surface area contributed by atoms with Gasteiger partial charge in [-0.1, -0.05) is 6.08 Å². The number of rotatable bonds is 1. The quantitative estimate of drug-likeness (QED) is 0.665. The van der Waals surface area contributed by atoms with Crippen molar-refractivity contribution in [2.45, 2.75) is 12.8 Å². The van der Waals surface area contributed by atoms with Crippen LogP contribution in [0.15, 0.2) is 22.6 Å². The van der Waals surface area contributed by atoms with Gasteiger partial charge in [-0.3, -0.25) is 4.79 Å². The van der Waals surface area contributed by atoms with E-state index in [0.29, 0.717) is 11.5 Å². The Labute approximate surface area is 75.9 Å². The SMILES string of the molecule is NC(=O)C1=CCC2CCSC2=C1. The number of allylic oxidation sites excluding steroid dienone is 2. The first kappa shape index (κ1) is 7.92. The van der Waals surface area contributed by atoms with Crippen molar-refractivity contribution in [2.75, 3.05) is 5.75 Å². The second-order valence-corrected chi connectivity index (χ2v) is 4.31. The summed E-state index contributed by atoms with van der Waals surface area (Å²) in [6.07, 6.45) is 6.16. The minimum atomic E-state index is -0.298. The summed E-state index contributed by atoms with van der Waals surface area (Å²) >= 11 is 1.86. The Balaban J connectivity index is 2.22. The Kier molecular flexibility index (Phi) is 1.97. The fourth-order valence-electron chi connectivity index (χ4n) is 1.63. The molecule has 0 spiro atoms. The molecular weight excluding hydrogens is 170 g/mol. The average Bonchev–Trinajstić information content (AvgIpc) is 2.49. The van der Waals surface area contributed by atoms with E-state index in [1.807, 2.05) is 23.9 Å². The molecule has 1 unspecified atom stereocenters. The highest BCUT2D eigenvalue weighted by Crippen LogP contribution is 2.41. The van der Waals surface area contributed by atoms with Crippen molar-refractivity contribution in [2.24, 2.45) is 11.7 Å². The zero-order valence-corrected chi connectivity index (χ0v) is 7.56. The number of fused-ring (bicyclic) bond motifs is 1. The second kappa shape index (κ2) is 2.98. The van der Waals surface area contributed by atoms with Gasteiger partial charge in [-0.2, -0.15) is 0 Å². The number of hydrogen-bond acceptors (Lipinski definition) is 2. The van der Waals surface area contributed by atoms with E-state index >= 15 is 0 Å². The van der Waals surface area contributed by atoms with E-state index in [1.165, 1.54) is 17.1 Å². The van der Waals surface area contributed by atoms with Crippen LogP contribution in [-0.2, 0) is 4.79 Å². The molecule has 2 nitrogen and oxygen atoms in total. The number of nitrogens with two attached hydrogens (primary N) is 1. The highest BCUT2D eigenvalue weighted by Gasteiger charge is 2.24. The topological polar surface area (TPSA) is 43.1 Å². The fraction of sp³-hybridized carbons (Fsp3) is 0.444. The summed E-state index contributed by atoms with van der Waals surface area (Å²) in [6, 6.07) is 0. The molecule has 0 aromatic rings. The van der Waals surface area contributed by atoms with Crippen molar-refractivity contribution in [1.29, 1.82) is 0 Å². The average molecular weight is 181 g/mol. The van der Waals surface area contributed by atoms with Crippen LogP contribution in [0.5, 0.6) is 0 Å². The molecule has 12 heavy (non-hydrogen) atoms. The fourth-order valence-corrected chi connectivity index (χ4v) is 2.92. The number of carbonyl (C=O) groups is 1. The predicted molar refractivity (Wildman–Crippen MR) is 50.5 cm³/mol. The van der Waals surface area contributed by atoms with Crippen LogP contribution in [0.25, 0.3) is 0 Å². The lowest BCUT2D eigenvalue weighted by atomic mass is 9.94. The lowest BCUT2D eigenvalue weighted by molar-refractivity contribution is -0.114. The van der Waals surface area contributed by atoms with Gasteiger partial charge in [-0.05, 0) is 35.5 Å². The van der Waals surface area contributed by atoms with E-state index in [-0.39, 0.29) is 5.91 Å². The summed E-state index contributed by atoms with van der Waals surface area (Å²) in [4.78, 5) is 12.2. The summed E-state index contributed by atoms with van der Waals surface area (Å²) < 4.78 is 0. The van der Waals surface area contributed by atoms with E-state index in [0.717, 1.165) is 6.42 Å². The standard InChI is InChI=1S/C9H11NOS/c10-9(11)7-2-1-6-3-4-12-8(6)5-7/h2,5-6H,1,3-4H2,(H2,10,11). The monoisotopic (exact) mass is 181 g/mol. The van der Waals surface area contributed by atoms with Gasteiger partial charge in [0, 0.05) is 5.57 Å². The van der Waals surface area contributed by atoms with E-state index in [9.17, 15) is 4.79 Å². The molecule has 0 saturated carbocycles. The normalized spacial score (nSPS) is 27.5. The van der Waals surface area contributed by atoms with Crippen LogP contribution < -0.4 is 5.73 Å². The molecule has 0 aromatic carbocycles. The molecule has 1 amide bonds.